The van der Waals surface area contributed by atoms with Crippen molar-refractivity contribution in [1.29, 1.82) is 0 Å². The van der Waals surface area contributed by atoms with E-state index in [1.54, 1.807) is 27.8 Å². The second kappa shape index (κ2) is 9.08. The van der Waals surface area contributed by atoms with Crippen LogP contribution in [-0.4, -0.2) is 41.9 Å². The van der Waals surface area contributed by atoms with Gasteiger partial charge in [-0.2, -0.15) is 0 Å². The highest BCUT2D eigenvalue weighted by molar-refractivity contribution is 5.67. The van der Waals surface area contributed by atoms with Gasteiger partial charge in [0.2, 0.25) is 0 Å². The molecule has 1 aromatic rings. The topological polar surface area (TPSA) is 49.8 Å². The Balaban J connectivity index is 2.84. The quantitative estimate of drug-likeness (QED) is 0.779. The van der Waals surface area contributed by atoms with Gasteiger partial charge in [0.25, 0.3) is 6.43 Å². The highest BCUT2D eigenvalue weighted by atomic mass is 19.3. The van der Waals surface area contributed by atoms with E-state index in [4.69, 9.17) is 4.74 Å². The SMILES string of the molecule is CN(CC[C@@H](CCO)c1cc(C(F)F)ccc1F)C(=O)OC(C)(C)C. The van der Waals surface area contributed by atoms with Crippen molar-refractivity contribution >= 4 is 6.09 Å². The van der Waals surface area contributed by atoms with Crippen LogP contribution in [0.25, 0.3) is 0 Å². The van der Waals surface area contributed by atoms with Gasteiger partial charge in [0.15, 0.2) is 0 Å². The van der Waals surface area contributed by atoms with Gasteiger partial charge in [-0.25, -0.2) is 18.0 Å². The fourth-order valence-electron chi connectivity index (χ4n) is 2.40. The number of carbonyl (C=O) groups excluding carboxylic acids is 1. The molecule has 0 aliphatic heterocycles. The Hall–Kier alpha value is -1.76. The maximum absolute atomic E-state index is 14.1. The Morgan fingerprint density at radius 3 is 2.44 bits per heavy atom. The Kier molecular flexibility index (Phi) is 7.73. The van der Waals surface area contributed by atoms with Crippen LogP contribution in [0.3, 0.4) is 0 Å². The second-order valence-electron chi connectivity index (χ2n) is 6.98. The lowest BCUT2D eigenvalue weighted by molar-refractivity contribution is 0.0293. The van der Waals surface area contributed by atoms with Crippen molar-refractivity contribution < 1.29 is 27.8 Å². The molecule has 0 saturated carbocycles. The van der Waals surface area contributed by atoms with Gasteiger partial charge in [0.05, 0.1) is 0 Å². The summed E-state index contributed by atoms with van der Waals surface area (Å²) >= 11 is 0. The van der Waals surface area contributed by atoms with Gasteiger partial charge in [0, 0.05) is 25.8 Å². The maximum atomic E-state index is 14.1. The first-order chi connectivity index (χ1) is 11.5. The van der Waals surface area contributed by atoms with Crippen LogP contribution in [0.1, 0.15) is 57.1 Å². The molecule has 1 N–H and O–H groups in total. The number of aliphatic hydroxyl groups is 1. The third-order valence-corrected chi connectivity index (χ3v) is 3.71. The summed E-state index contributed by atoms with van der Waals surface area (Å²) in [6.45, 7) is 5.28. The zero-order valence-corrected chi connectivity index (χ0v) is 15.1. The molecule has 1 rings (SSSR count). The summed E-state index contributed by atoms with van der Waals surface area (Å²) in [6, 6.07) is 3.19. The van der Waals surface area contributed by atoms with Crippen molar-refractivity contribution in [2.24, 2.45) is 0 Å². The Morgan fingerprint density at radius 2 is 1.92 bits per heavy atom. The highest BCUT2D eigenvalue weighted by Crippen LogP contribution is 2.30. The number of ether oxygens (including phenoxy) is 1. The van der Waals surface area contributed by atoms with Gasteiger partial charge in [-0.05, 0) is 57.2 Å². The number of aliphatic hydroxyl groups excluding tert-OH is 1. The molecular weight excluding hydrogens is 335 g/mol. The average molecular weight is 361 g/mol. The van der Waals surface area contributed by atoms with Crippen molar-refractivity contribution in [2.45, 2.75) is 51.6 Å². The van der Waals surface area contributed by atoms with Gasteiger partial charge < -0.3 is 14.7 Å². The van der Waals surface area contributed by atoms with E-state index in [0.717, 1.165) is 18.2 Å². The molecular formula is C18H26F3NO3. The Labute approximate surface area is 146 Å². The summed E-state index contributed by atoms with van der Waals surface area (Å²) in [5, 5.41) is 9.22. The van der Waals surface area contributed by atoms with E-state index < -0.39 is 29.9 Å². The molecule has 1 amide bonds. The lowest BCUT2D eigenvalue weighted by Gasteiger charge is -2.26. The molecule has 0 fully saturated rings. The first-order valence-electron chi connectivity index (χ1n) is 8.17. The van der Waals surface area contributed by atoms with Crippen molar-refractivity contribution in [3.05, 3.63) is 35.1 Å². The van der Waals surface area contributed by atoms with Gasteiger partial charge in [-0.15, -0.1) is 0 Å². The van der Waals surface area contributed by atoms with Crippen LogP contribution in [0.5, 0.6) is 0 Å². The van der Waals surface area contributed by atoms with Gasteiger partial charge in [-0.1, -0.05) is 6.07 Å². The molecule has 1 aromatic carbocycles. The van der Waals surface area contributed by atoms with Crippen LogP contribution in [-0.2, 0) is 4.74 Å². The lowest BCUT2D eigenvalue weighted by Crippen LogP contribution is -2.35. The molecule has 0 aliphatic carbocycles. The molecule has 0 unspecified atom stereocenters. The van der Waals surface area contributed by atoms with Gasteiger partial charge >= 0.3 is 6.09 Å². The number of halogens is 3. The number of benzene rings is 1. The molecule has 0 radical (unpaired) electrons. The molecule has 0 aromatic heterocycles. The minimum absolute atomic E-state index is 0.129. The number of hydrogen-bond donors (Lipinski definition) is 1. The first kappa shape index (κ1) is 21.3. The zero-order valence-electron chi connectivity index (χ0n) is 15.1. The normalized spacial score (nSPS) is 13.0. The molecule has 0 aliphatic rings. The third kappa shape index (κ3) is 6.94. The average Bonchev–Trinajstić information content (AvgIpc) is 2.49. The molecule has 142 valence electrons. The van der Waals surface area contributed by atoms with Crippen LogP contribution in [0, 0.1) is 5.82 Å². The molecule has 0 bridgehead atoms. The summed E-state index contributed by atoms with van der Waals surface area (Å²) in [4.78, 5) is 13.3. The second-order valence-corrected chi connectivity index (χ2v) is 6.98. The first-order valence-corrected chi connectivity index (χ1v) is 8.17. The van der Waals surface area contributed by atoms with E-state index in [2.05, 4.69) is 0 Å². The zero-order chi connectivity index (χ0) is 19.2. The van der Waals surface area contributed by atoms with E-state index >= 15 is 0 Å². The number of carbonyl (C=O) groups is 1. The highest BCUT2D eigenvalue weighted by Gasteiger charge is 2.22. The minimum atomic E-state index is -2.70. The van der Waals surface area contributed by atoms with Crippen LogP contribution in [0.15, 0.2) is 18.2 Å². The molecule has 1 atom stereocenters. The van der Waals surface area contributed by atoms with E-state index in [0.29, 0.717) is 6.42 Å². The predicted octanol–water partition coefficient (Wildman–Crippen LogP) is 4.49. The monoisotopic (exact) mass is 361 g/mol. The number of hydrogen-bond acceptors (Lipinski definition) is 3. The van der Waals surface area contributed by atoms with Crippen LogP contribution in [0.2, 0.25) is 0 Å². The van der Waals surface area contributed by atoms with Crippen molar-refractivity contribution in [2.75, 3.05) is 20.2 Å². The van der Waals surface area contributed by atoms with Crippen LogP contribution in [0.4, 0.5) is 18.0 Å². The number of nitrogens with zero attached hydrogens (tertiary/aromatic N) is 1. The summed E-state index contributed by atoms with van der Waals surface area (Å²) in [5.74, 6) is -1.07. The van der Waals surface area contributed by atoms with Gasteiger partial charge in [0.1, 0.15) is 11.4 Å². The smallest absolute Gasteiger partial charge is 0.410 e. The van der Waals surface area contributed by atoms with Crippen LogP contribution < -0.4 is 0 Å². The standard InChI is InChI=1S/C18H26F3NO3/c1-18(2,3)25-17(24)22(4)9-7-12(8-10-23)14-11-13(16(20)21)5-6-15(14)19/h5-6,11-12,16,23H,7-10H2,1-4H3/t12-/m0/s1. The molecule has 0 saturated heterocycles. The van der Waals surface area contributed by atoms with E-state index in [-0.39, 0.29) is 30.7 Å². The third-order valence-electron chi connectivity index (χ3n) is 3.71. The Morgan fingerprint density at radius 1 is 1.28 bits per heavy atom. The van der Waals surface area contributed by atoms with Gasteiger partial charge in [-0.3, -0.25) is 0 Å². The molecule has 25 heavy (non-hydrogen) atoms. The summed E-state index contributed by atoms with van der Waals surface area (Å²) in [5.41, 5.74) is -0.766. The van der Waals surface area contributed by atoms with Crippen molar-refractivity contribution in [3.63, 3.8) is 0 Å². The predicted molar refractivity (Wildman–Crippen MR) is 89.3 cm³/mol. The Bertz CT molecular complexity index is 573. The van der Waals surface area contributed by atoms with Crippen molar-refractivity contribution in [1.82, 2.24) is 4.90 Å². The largest absolute Gasteiger partial charge is 0.444 e. The summed E-state index contributed by atoms with van der Waals surface area (Å²) in [6.07, 6.45) is -2.68. The van der Waals surface area contributed by atoms with E-state index in [1.165, 1.54) is 4.90 Å². The molecule has 0 spiro atoms. The minimum Gasteiger partial charge on any atom is -0.444 e. The number of amides is 1. The maximum Gasteiger partial charge on any atom is 0.410 e. The number of rotatable bonds is 7. The lowest BCUT2D eigenvalue weighted by atomic mass is 9.91. The summed E-state index contributed by atoms with van der Waals surface area (Å²) < 4.78 is 45.0. The molecule has 4 nitrogen and oxygen atoms in total. The number of alkyl halides is 2. The fraction of sp³-hybridized carbons (Fsp3) is 0.611. The molecule has 7 heteroatoms. The fourth-order valence-corrected chi connectivity index (χ4v) is 2.40. The van der Waals surface area contributed by atoms with E-state index in [1.807, 2.05) is 0 Å². The van der Waals surface area contributed by atoms with Crippen LogP contribution >= 0.6 is 0 Å². The van der Waals surface area contributed by atoms with E-state index in [9.17, 15) is 23.1 Å². The van der Waals surface area contributed by atoms with Crippen molar-refractivity contribution in [3.8, 4) is 0 Å². The molecule has 0 heterocycles. The summed E-state index contributed by atoms with van der Waals surface area (Å²) in [7, 11) is 1.55.